The molecule has 3 aromatic rings. The van der Waals surface area contributed by atoms with Crippen molar-refractivity contribution in [3.63, 3.8) is 0 Å². The molecule has 0 unspecified atom stereocenters. The van der Waals surface area contributed by atoms with Crippen molar-refractivity contribution in [3.05, 3.63) is 62.9 Å². The Balaban J connectivity index is 2.11. The average Bonchev–Trinajstić information content (AvgIpc) is 2.49. The van der Waals surface area contributed by atoms with Crippen LogP contribution >= 0.6 is 11.6 Å². The number of aromatic nitrogens is 1. The molecule has 110 valence electrons. The van der Waals surface area contributed by atoms with Gasteiger partial charge in [0.1, 0.15) is 0 Å². The Hall–Kier alpha value is -2.26. The smallest absolute Gasteiger partial charge is 0.260 e. The highest BCUT2D eigenvalue weighted by atomic mass is 35.5. The zero-order chi connectivity index (χ0) is 15.4. The van der Waals surface area contributed by atoms with Gasteiger partial charge in [0.05, 0.1) is 12.4 Å². The van der Waals surface area contributed by atoms with Crippen LogP contribution in [-0.2, 0) is 6.67 Å². The van der Waals surface area contributed by atoms with Crippen LogP contribution in [0.25, 0.3) is 22.0 Å². The maximum absolute atomic E-state index is 12.8. The van der Waals surface area contributed by atoms with E-state index in [1.165, 1.54) is 5.56 Å². The molecule has 3 nitrogen and oxygen atoms in total. The van der Waals surface area contributed by atoms with E-state index in [0.717, 1.165) is 33.3 Å². The van der Waals surface area contributed by atoms with Crippen LogP contribution in [0.15, 0.2) is 41.2 Å². The third kappa shape index (κ3) is 1.86. The SMILES string of the molecule is Cc1cc2cc3n(c(=O)c2cc1C)CNc1ccc(Cl)cc1-3. The van der Waals surface area contributed by atoms with E-state index < -0.39 is 0 Å². The summed E-state index contributed by atoms with van der Waals surface area (Å²) in [6.45, 7) is 4.58. The Kier molecular flexibility index (Phi) is 2.81. The van der Waals surface area contributed by atoms with Gasteiger partial charge in [-0.3, -0.25) is 9.36 Å². The highest BCUT2D eigenvalue weighted by molar-refractivity contribution is 6.31. The molecule has 0 bridgehead atoms. The summed E-state index contributed by atoms with van der Waals surface area (Å²) in [4.78, 5) is 12.8. The molecule has 0 atom stereocenters. The van der Waals surface area contributed by atoms with Gasteiger partial charge in [-0.25, -0.2) is 0 Å². The van der Waals surface area contributed by atoms with Gasteiger partial charge in [-0.1, -0.05) is 17.7 Å². The van der Waals surface area contributed by atoms with Crippen molar-refractivity contribution in [2.45, 2.75) is 20.5 Å². The van der Waals surface area contributed by atoms with Gasteiger partial charge in [0.15, 0.2) is 0 Å². The van der Waals surface area contributed by atoms with Gasteiger partial charge in [-0.05, 0) is 60.7 Å². The Morgan fingerprint density at radius 1 is 1.09 bits per heavy atom. The zero-order valence-corrected chi connectivity index (χ0v) is 13.2. The minimum atomic E-state index is 0.0359. The molecule has 1 aliphatic rings. The first-order valence-electron chi connectivity index (χ1n) is 7.23. The second kappa shape index (κ2) is 4.62. The van der Waals surface area contributed by atoms with Crippen molar-refractivity contribution < 1.29 is 0 Å². The summed E-state index contributed by atoms with van der Waals surface area (Å²) >= 11 is 6.13. The van der Waals surface area contributed by atoms with Crippen molar-refractivity contribution in [2.24, 2.45) is 0 Å². The standard InChI is InChI=1S/C18H15ClN2O/c1-10-5-12-7-17-15-8-13(19)3-4-16(15)20-9-21(17)18(22)14(12)6-11(10)2/h3-8,20H,9H2,1-2H3. The second-order valence-corrected chi connectivity index (χ2v) is 6.25. The number of anilines is 1. The lowest BCUT2D eigenvalue weighted by Crippen LogP contribution is -2.28. The predicted octanol–water partition coefficient (Wildman–Crippen LogP) is 4.32. The summed E-state index contributed by atoms with van der Waals surface area (Å²) in [5, 5.41) is 5.69. The van der Waals surface area contributed by atoms with Crippen LogP contribution in [0, 0.1) is 13.8 Å². The number of pyridine rings is 1. The van der Waals surface area contributed by atoms with E-state index in [2.05, 4.69) is 24.4 Å². The maximum Gasteiger partial charge on any atom is 0.260 e. The van der Waals surface area contributed by atoms with Crippen LogP contribution in [0.5, 0.6) is 0 Å². The fraction of sp³-hybridized carbons (Fsp3) is 0.167. The normalized spacial score (nSPS) is 12.7. The lowest BCUT2D eigenvalue weighted by Gasteiger charge is -2.24. The number of rotatable bonds is 0. The lowest BCUT2D eigenvalue weighted by molar-refractivity contribution is 0.743. The number of benzene rings is 2. The first-order chi connectivity index (χ1) is 10.5. The average molecular weight is 311 g/mol. The minimum absolute atomic E-state index is 0.0359. The Morgan fingerprint density at radius 2 is 1.86 bits per heavy atom. The molecular formula is C18H15ClN2O. The number of halogens is 1. The number of fused-ring (bicyclic) bond motifs is 4. The second-order valence-electron chi connectivity index (χ2n) is 5.81. The van der Waals surface area contributed by atoms with Gasteiger partial charge >= 0.3 is 0 Å². The number of nitrogens with zero attached hydrogens (tertiary/aromatic N) is 1. The molecule has 2 aromatic carbocycles. The summed E-state index contributed by atoms with van der Waals surface area (Å²) < 4.78 is 1.77. The Bertz CT molecular complexity index is 989. The first kappa shape index (κ1) is 13.4. The topological polar surface area (TPSA) is 34.0 Å². The molecule has 0 spiro atoms. The summed E-state index contributed by atoms with van der Waals surface area (Å²) in [7, 11) is 0. The molecule has 1 N–H and O–H groups in total. The van der Waals surface area contributed by atoms with Crippen LogP contribution in [0.2, 0.25) is 5.02 Å². The van der Waals surface area contributed by atoms with Gasteiger partial charge in [0, 0.05) is 21.7 Å². The van der Waals surface area contributed by atoms with E-state index in [1.807, 2.05) is 31.2 Å². The van der Waals surface area contributed by atoms with Crippen molar-refractivity contribution in [1.82, 2.24) is 4.57 Å². The third-order valence-electron chi connectivity index (χ3n) is 4.41. The highest BCUT2D eigenvalue weighted by Crippen LogP contribution is 2.34. The van der Waals surface area contributed by atoms with Crippen molar-refractivity contribution in [3.8, 4) is 11.3 Å². The van der Waals surface area contributed by atoms with Gasteiger partial charge in [-0.2, -0.15) is 0 Å². The molecule has 4 rings (SSSR count). The molecule has 2 heterocycles. The minimum Gasteiger partial charge on any atom is -0.367 e. The number of hydrogen-bond acceptors (Lipinski definition) is 2. The molecule has 1 aromatic heterocycles. The molecular weight excluding hydrogens is 296 g/mol. The molecule has 0 amide bonds. The van der Waals surface area contributed by atoms with Crippen molar-refractivity contribution in [2.75, 3.05) is 5.32 Å². The van der Waals surface area contributed by atoms with Crippen LogP contribution in [-0.4, -0.2) is 4.57 Å². The van der Waals surface area contributed by atoms with Crippen LogP contribution in [0.1, 0.15) is 11.1 Å². The molecule has 4 heteroatoms. The molecule has 1 aliphatic heterocycles. The molecule has 0 fully saturated rings. The summed E-state index contributed by atoms with van der Waals surface area (Å²) in [5.74, 6) is 0. The Labute approximate surface area is 133 Å². The fourth-order valence-corrected chi connectivity index (χ4v) is 3.22. The zero-order valence-electron chi connectivity index (χ0n) is 12.4. The number of nitrogens with one attached hydrogen (secondary N) is 1. The third-order valence-corrected chi connectivity index (χ3v) is 4.64. The lowest BCUT2D eigenvalue weighted by atomic mass is 10.00. The quantitative estimate of drug-likeness (QED) is 0.671. The largest absolute Gasteiger partial charge is 0.367 e. The van der Waals surface area contributed by atoms with Crippen molar-refractivity contribution >= 4 is 28.1 Å². The molecule has 0 radical (unpaired) electrons. The van der Waals surface area contributed by atoms with Gasteiger partial charge in [-0.15, -0.1) is 0 Å². The summed E-state index contributed by atoms with van der Waals surface area (Å²) in [6, 6.07) is 11.9. The van der Waals surface area contributed by atoms with E-state index in [4.69, 9.17) is 11.6 Å². The molecule has 0 aliphatic carbocycles. The monoisotopic (exact) mass is 310 g/mol. The fourth-order valence-electron chi connectivity index (χ4n) is 3.05. The van der Waals surface area contributed by atoms with E-state index >= 15 is 0 Å². The summed E-state index contributed by atoms with van der Waals surface area (Å²) in [5.41, 5.74) is 5.25. The Morgan fingerprint density at radius 3 is 2.68 bits per heavy atom. The van der Waals surface area contributed by atoms with Crippen LogP contribution in [0.3, 0.4) is 0 Å². The maximum atomic E-state index is 12.8. The van der Waals surface area contributed by atoms with Gasteiger partial charge in [0.2, 0.25) is 0 Å². The number of aryl methyl sites for hydroxylation is 2. The van der Waals surface area contributed by atoms with Crippen molar-refractivity contribution in [1.29, 1.82) is 0 Å². The predicted molar refractivity (Wildman–Crippen MR) is 91.8 cm³/mol. The first-order valence-corrected chi connectivity index (χ1v) is 7.61. The summed E-state index contributed by atoms with van der Waals surface area (Å²) in [6.07, 6.45) is 0. The molecule has 0 saturated carbocycles. The van der Waals surface area contributed by atoms with E-state index in [9.17, 15) is 4.79 Å². The van der Waals surface area contributed by atoms with Crippen LogP contribution in [0.4, 0.5) is 5.69 Å². The molecule has 0 saturated heterocycles. The molecule has 22 heavy (non-hydrogen) atoms. The highest BCUT2D eigenvalue weighted by Gasteiger charge is 2.18. The van der Waals surface area contributed by atoms with Gasteiger partial charge in [0.25, 0.3) is 5.56 Å². The van der Waals surface area contributed by atoms with E-state index in [1.54, 1.807) is 4.57 Å². The van der Waals surface area contributed by atoms with Crippen LogP contribution < -0.4 is 10.9 Å². The van der Waals surface area contributed by atoms with E-state index in [-0.39, 0.29) is 5.56 Å². The van der Waals surface area contributed by atoms with Gasteiger partial charge < -0.3 is 5.32 Å². The number of hydrogen-bond donors (Lipinski definition) is 1. The van der Waals surface area contributed by atoms with E-state index in [0.29, 0.717) is 11.7 Å².